The second-order valence-electron chi connectivity index (χ2n) is 8.21. The SMILES string of the molecule is CN1C2CC(NC(=O)c3cc(C4CC4)on3)CCC1(S(=O)(=O)CCCN)C2. The number of carbonyl (C=O) groups excluding carboxylic acids is 1. The maximum atomic E-state index is 12.9. The zero-order valence-corrected chi connectivity index (χ0v) is 16.5. The number of hydrogen-bond acceptors (Lipinski definition) is 7. The maximum Gasteiger partial charge on any atom is 0.273 e. The highest BCUT2D eigenvalue weighted by molar-refractivity contribution is 7.92. The lowest BCUT2D eigenvalue weighted by Crippen LogP contribution is -2.67. The van der Waals surface area contributed by atoms with Crippen molar-refractivity contribution in [1.82, 2.24) is 15.4 Å². The summed E-state index contributed by atoms with van der Waals surface area (Å²) in [6.45, 7) is 0.377. The van der Waals surface area contributed by atoms with Gasteiger partial charge in [-0.15, -0.1) is 0 Å². The minimum Gasteiger partial charge on any atom is -0.360 e. The van der Waals surface area contributed by atoms with Crippen LogP contribution in [0.1, 0.15) is 67.1 Å². The van der Waals surface area contributed by atoms with Crippen molar-refractivity contribution in [2.24, 2.45) is 5.73 Å². The van der Waals surface area contributed by atoms with Gasteiger partial charge in [0, 0.05) is 24.1 Å². The van der Waals surface area contributed by atoms with E-state index in [1.807, 2.05) is 11.9 Å². The third-order valence-electron chi connectivity index (χ3n) is 6.46. The average Bonchev–Trinajstić information content (AvgIpc) is 3.42. The zero-order chi connectivity index (χ0) is 19.2. The quantitative estimate of drug-likeness (QED) is 0.706. The van der Waals surface area contributed by atoms with Gasteiger partial charge in [0.2, 0.25) is 0 Å². The fourth-order valence-corrected chi connectivity index (χ4v) is 6.94. The first-order valence-electron chi connectivity index (χ1n) is 9.79. The Morgan fingerprint density at radius 3 is 2.89 bits per heavy atom. The topological polar surface area (TPSA) is 119 Å². The second kappa shape index (κ2) is 6.86. The van der Waals surface area contributed by atoms with Crippen LogP contribution in [-0.4, -0.2) is 60.7 Å². The predicted molar refractivity (Wildman–Crippen MR) is 99.9 cm³/mol. The van der Waals surface area contributed by atoms with E-state index >= 15 is 0 Å². The molecule has 0 spiro atoms. The van der Waals surface area contributed by atoms with Crippen molar-refractivity contribution in [3.05, 3.63) is 17.5 Å². The van der Waals surface area contributed by atoms with Gasteiger partial charge in [0.1, 0.15) is 10.6 Å². The molecule has 9 heteroatoms. The van der Waals surface area contributed by atoms with E-state index in [2.05, 4.69) is 10.5 Å². The number of rotatable bonds is 7. The molecule has 2 saturated heterocycles. The molecule has 3 heterocycles. The Bertz CT molecular complexity index is 819. The molecule has 2 bridgehead atoms. The summed E-state index contributed by atoms with van der Waals surface area (Å²) in [5.41, 5.74) is 5.82. The molecular weight excluding hydrogens is 368 g/mol. The molecule has 2 aliphatic carbocycles. The summed E-state index contributed by atoms with van der Waals surface area (Å²) < 4.78 is 31.0. The van der Waals surface area contributed by atoms with E-state index in [9.17, 15) is 13.2 Å². The lowest BCUT2D eigenvalue weighted by atomic mass is 9.91. The molecule has 5 rings (SSSR count). The fraction of sp³-hybridized carbons (Fsp3) is 0.778. The van der Waals surface area contributed by atoms with Crippen LogP contribution in [0.25, 0.3) is 0 Å². The Balaban J connectivity index is 1.41. The van der Waals surface area contributed by atoms with Crippen LogP contribution in [-0.2, 0) is 9.84 Å². The molecule has 2 saturated carbocycles. The van der Waals surface area contributed by atoms with Crippen LogP contribution < -0.4 is 11.1 Å². The highest BCUT2D eigenvalue weighted by Crippen LogP contribution is 2.48. The zero-order valence-electron chi connectivity index (χ0n) is 15.7. The van der Waals surface area contributed by atoms with Crippen molar-refractivity contribution < 1.29 is 17.7 Å². The van der Waals surface area contributed by atoms with Crippen LogP contribution in [0.4, 0.5) is 0 Å². The monoisotopic (exact) mass is 396 g/mol. The van der Waals surface area contributed by atoms with Crippen LogP contribution in [0.5, 0.6) is 0 Å². The summed E-state index contributed by atoms with van der Waals surface area (Å²) in [4.78, 5) is 13.7. The lowest BCUT2D eigenvalue weighted by molar-refractivity contribution is 0.0129. The van der Waals surface area contributed by atoms with E-state index < -0.39 is 14.7 Å². The third-order valence-corrected chi connectivity index (χ3v) is 9.10. The molecule has 3 unspecified atom stereocenters. The standard InChI is InChI=1S/C18H28N4O4S/c1-22-14-9-13(5-6-18(22,11-14)27(24,25)8-2-7-19)20-17(23)15-10-16(26-21-15)12-3-4-12/h10,12-14H,2-9,11,19H2,1H3,(H,20,23). The molecule has 2 aliphatic heterocycles. The summed E-state index contributed by atoms with van der Waals surface area (Å²) >= 11 is 0. The molecule has 4 aliphatic rings. The first-order chi connectivity index (χ1) is 12.9. The number of fused-ring (bicyclic) bond motifs is 3. The molecular formula is C18H28N4O4S. The van der Waals surface area contributed by atoms with E-state index in [0.29, 0.717) is 43.8 Å². The Kier molecular flexibility index (Phi) is 4.80. The van der Waals surface area contributed by atoms with Gasteiger partial charge in [0.25, 0.3) is 5.91 Å². The van der Waals surface area contributed by atoms with Gasteiger partial charge < -0.3 is 15.6 Å². The highest BCUT2D eigenvalue weighted by atomic mass is 32.2. The van der Waals surface area contributed by atoms with Gasteiger partial charge in [-0.05, 0) is 58.5 Å². The fourth-order valence-electron chi connectivity index (χ4n) is 4.55. The number of nitrogens with zero attached hydrogens (tertiary/aromatic N) is 2. The Hall–Kier alpha value is -1.45. The van der Waals surface area contributed by atoms with Crippen molar-refractivity contribution in [1.29, 1.82) is 0 Å². The van der Waals surface area contributed by atoms with Crippen LogP contribution in [0.2, 0.25) is 0 Å². The first-order valence-corrected chi connectivity index (χ1v) is 11.4. The smallest absolute Gasteiger partial charge is 0.273 e. The van der Waals surface area contributed by atoms with Gasteiger partial charge in [-0.1, -0.05) is 5.16 Å². The van der Waals surface area contributed by atoms with Gasteiger partial charge in [-0.3, -0.25) is 9.69 Å². The number of nitrogens with two attached hydrogens (primary N) is 1. The lowest BCUT2D eigenvalue weighted by Gasteiger charge is -2.54. The van der Waals surface area contributed by atoms with Gasteiger partial charge >= 0.3 is 0 Å². The van der Waals surface area contributed by atoms with E-state index in [1.54, 1.807) is 6.07 Å². The van der Waals surface area contributed by atoms with Crippen molar-refractivity contribution in [3.63, 3.8) is 0 Å². The molecule has 150 valence electrons. The van der Waals surface area contributed by atoms with E-state index in [4.69, 9.17) is 10.3 Å². The Labute approximate surface area is 159 Å². The molecule has 3 atom stereocenters. The van der Waals surface area contributed by atoms with Crippen molar-refractivity contribution >= 4 is 15.7 Å². The summed E-state index contributed by atoms with van der Waals surface area (Å²) in [6.07, 6.45) is 5.23. The van der Waals surface area contributed by atoms with E-state index in [1.165, 1.54) is 0 Å². The minimum atomic E-state index is -3.25. The maximum absolute atomic E-state index is 12.9. The predicted octanol–water partition coefficient (Wildman–Crippen LogP) is 0.998. The molecule has 0 radical (unpaired) electrons. The van der Waals surface area contributed by atoms with E-state index in [-0.39, 0.29) is 23.7 Å². The molecule has 1 amide bonds. The van der Waals surface area contributed by atoms with Crippen LogP contribution >= 0.6 is 0 Å². The number of hydrogen-bond donors (Lipinski definition) is 2. The van der Waals surface area contributed by atoms with Crippen molar-refractivity contribution in [3.8, 4) is 0 Å². The second-order valence-corrected chi connectivity index (χ2v) is 10.6. The first kappa shape index (κ1) is 18.9. The Morgan fingerprint density at radius 1 is 1.44 bits per heavy atom. The number of sulfone groups is 1. The molecule has 1 aromatic heterocycles. The normalized spacial score (nSPS) is 31.2. The molecule has 8 nitrogen and oxygen atoms in total. The Morgan fingerprint density at radius 2 is 2.22 bits per heavy atom. The molecule has 1 aromatic rings. The molecule has 3 N–H and O–H groups in total. The van der Waals surface area contributed by atoms with Crippen molar-refractivity contribution in [2.75, 3.05) is 19.3 Å². The van der Waals surface area contributed by atoms with Gasteiger partial charge in [-0.2, -0.15) is 0 Å². The van der Waals surface area contributed by atoms with Crippen LogP contribution in [0, 0.1) is 0 Å². The molecule has 27 heavy (non-hydrogen) atoms. The van der Waals surface area contributed by atoms with Gasteiger partial charge in [-0.25, -0.2) is 8.42 Å². The van der Waals surface area contributed by atoms with Gasteiger partial charge in [0.15, 0.2) is 15.5 Å². The summed E-state index contributed by atoms with van der Waals surface area (Å²) in [5.74, 6) is 1.09. The van der Waals surface area contributed by atoms with Crippen LogP contribution in [0.3, 0.4) is 0 Å². The summed E-state index contributed by atoms with van der Waals surface area (Å²) in [6, 6.07) is 1.85. The molecule has 4 fully saturated rings. The number of aromatic nitrogens is 1. The summed E-state index contributed by atoms with van der Waals surface area (Å²) in [5, 5.41) is 6.93. The highest BCUT2D eigenvalue weighted by Gasteiger charge is 2.59. The van der Waals surface area contributed by atoms with Gasteiger partial charge in [0.05, 0.1) is 5.75 Å². The number of amides is 1. The van der Waals surface area contributed by atoms with Crippen molar-refractivity contribution in [2.45, 2.75) is 67.8 Å². The van der Waals surface area contributed by atoms with E-state index in [0.717, 1.165) is 25.0 Å². The van der Waals surface area contributed by atoms with Crippen LogP contribution in [0.15, 0.2) is 10.6 Å². The average molecular weight is 397 g/mol. The number of nitrogens with one attached hydrogen (secondary N) is 1. The third kappa shape index (κ3) is 3.30. The summed E-state index contributed by atoms with van der Waals surface area (Å²) in [7, 11) is -1.36. The largest absolute Gasteiger partial charge is 0.360 e. The minimum absolute atomic E-state index is 0.0555. The molecule has 0 aromatic carbocycles. The number of carbonyl (C=O) groups is 1.